The van der Waals surface area contributed by atoms with Crippen molar-refractivity contribution in [3.05, 3.63) is 56.5 Å². The van der Waals surface area contributed by atoms with Gasteiger partial charge in [0.25, 0.3) is 4.96 Å². The fourth-order valence-electron chi connectivity index (χ4n) is 3.29. The minimum absolute atomic E-state index is 0.0329. The Morgan fingerprint density at radius 2 is 2.07 bits per heavy atom. The van der Waals surface area contributed by atoms with Crippen molar-refractivity contribution < 1.29 is 9.66 Å². The first-order valence-electron chi connectivity index (χ1n) is 8.54. The summed E-state index contributed by atoms with van der Waals surface area (Å²) in [5.74, 6) is 0.252. The summed E-state index contributed by atoms with van der Waals surface area (Å²) in [5, 5.41) is 17.2. The lowest BCUT2D eigenvalue weighted by Gasteiger charge is -2.35. The Bertz CT molecular complexity index is 936. The highest BCUT2D eigenvalue weighted by Gasteiger charge is 2.27. The molecule has 1 fully saturated rings. The van der Waals surface area contributed by atoms with Gasteiger partial charge in [0.2, 0.25) is 5.82 Å². The molecule has 0 spiro atoms. The topological polar surface area (TPSA) is 84.9 Å². The van der Waals surface area contributed by atoms with Crippen LogP contribution in [0.1, 0.15) is 11.6 Å². The molecule has 8 nitrogen and oxygen atoms in total. The first kappa shape index (κ1) is 18.2. The van der Waals surface area contributed by atoms with Crippen LogP contribution in [0.15, 0.2) is 35.8 Å². The second-order valence-electron chi connectivity index (χ2n) is 6.19. The number of anilines is 1. The third kappa shape index (κ3) is 3.77. The van der Waals surface area contributed by atoms with Gasteiger partial charge in [-0.15, -0.1) is 0 Å². The molecule has 1 atom stereocenters. The van der Waals surface area contributed by atoms with Crippen LogP contribution < -0.4 is 5.32 Å². The SMILES string of the molecule is O=[N+]([O-])c1c(NCC(c2ccc(Cl)cc2)N2CCOCC2)nc2sccn12. The zero-order chi connectivity index (χ0) is 18.8. The van der Waals surface area contributed by atoms with Crippen LogP contribution in [-0.2, 0) is 4.74 Å². The Balaban J connectivity index is 1.60. The zero-order valence-electron chi connectivity index (χ0n) is 14.4. The molecule has 2 aromatic heterocycles. The highest BCUT2D eigenvalue weighted by Crippen LogP contribution is 2.30. The van der Waals surface area contributed by atoms with E-state index in [0.717, 1.165) is 18.7 Å². The molecule has 3 heterocycles. The van der Waals surface area contributed by atoms with Crippen LogP contribution in [0.25, 0.3) is 4.96 Å². The quantitative estimate of drug-likeness (QED) is 0.497. The van der Waals surface area contributed by atoms with Gasteiger partial charge in [0, 0.05) is 30.0 Å². The summed E-state index contributed by atoms with van der Waals surface area (Å²) in [5.41, 5.74) is 1.09. The second kappa shape index (κ2) is 7.81. The number of benzene rings is 1. The van der Waals surface area contributed by atoms with Gasteiger partial charge in [-0.25, -0.2) is 0 Å². The van der Waals surface area contributed by atoms with E-state index >= 15 is 0 Å². The first-order chi connectivity index (χ1) is 13.1. The number of aromatic nitrogens is 2. The molecule has 0 bridgehead atoms. The van der Waals surface area contributed by atoms with Crippen molar-refractivity contribution >= 4 is 39.5 Å². The number of fused-ring (bicyclic) bond motifs is 1. The number of thiazole rings is 1. The lowest BCUT2D eigenvalue weighted by atomic mass is 10.0. The third-order valence-corrected chi connectivity index (χ3v) is 5.62. The van der Waals surface area contributed by atoms with Crippen molar-refractivity contribution in [1.29, 1.82) is 0 Å². The Morgan fingerprint density at radius 3 is 2.78 bits per heavy atom. The molecule has 1 unspecified atom stereocenters. The van der Waals surface area contributed by atoms with E-state index in [1.165, 1.54) is 15.7 Å². The fourth-order valence-corrected chi connectivity index (χ4v) is 4.13. The Hall–Kier alpha value is -2.20. The van der Waals surface area contributed by atoms with Gasteiger partial charge < -0.3 is 20.2 Å². The van der Waals surface area contributed by atoms with Crippen LogP contribution in [0.2, 0.25) is 5.02 Å². The fraction of sp³-hybridized carbons (Fsp3) is 0.353. The van der Waals surface area contributed by atoms with Gasteiger partial charge in [0.15, 0.2) is 0 Å². The van der Waals surface area contributed by atoms with E-state index in [0.29, 0.717) is 35.6 Å². The Labute approximate surface area is 164 Å². The monoisotopic (exact) mass is 407 g/mol. The number of rotatable bonds is 6. The summed E-state index contributed by atoms with van der Waals surface area (Å²) < 4.78 is 6.96. The number of hydrogen-bond acceptors (Lipinski definition) is 7. The summed E-state index contributed by atoms with van der Waals surface area (Å²) in [6.45, 7) is 3.44. The molecule has 142 valence electrons. The first-order valence-corrected chi connectivity index (χ1v) is 9.80. The van der Waals surface area contributed by atoms with Crippen LogP contribution in [-0.4, -0.2) is 52.1 Å². The van der Waals surface area contributed by atoms with Crippen molar-refractivity contribution in [2.75, 3.05) is 38.2 Å². The van der Waals surface area contributed by atoms with Crippen LogP contribution >= 0.6 is 22.9 Å². The van der Waals surface area contributed by atoms with Gasteiger partial charge in [-0.1, -0.05) is 35.1 Å². The van der Waals surface area contributed by atoms with Gasteiger partial charge in [0.1, 0.15) is 6.20 Å². The average Bonchev–Trinajstić information content (AvgIpc) is 3.24. The summed E-state index contributed by atoms with van der Waals surface area (Å²) in [4.78, 5) is 18.4. The Morgan fingerprint density at radius 1 is 1.33 bits per heavy atom. The minimum atomic E-state index is -0.402. The molecule has 0 amide bonds. The maximum absolute atomic E-state index is 11.5. The highest BCUT2D eigenvalue weighted by atomic mass is 35.5. The number of imidazole rings is 1. The average molecular weight is 408 g/mol. The van der Waals surface area contributed by atoms with E-state index in [-0.39, 0.29) is 11.9 Å². The van der Waals surface area contributed by atoms with Crippen LogP contribution in [0.4, 0.5) is 11.6 Å². The maximum atomic E-state index is 11.5. The molecule has 0 radical (unpaired) electrons. The molecule has 1 aliphatic rings. The normalized spacial score (nSPS) is 16.5. The number of halogens is 1. The second-order valence-corrected chi connectivity index (χ2v) is 7.50. The van der Waals surface area contributed by atoms with E-state index in [9.17, 15) is 10.1 Å². The van der Waals surface area contributed by atoms with Gasteiger partial charge >= 0.3 is 5.82 Å². The molecule has 1 aliphatic heterocycles. The standard InChI is InChI=1S/C17H18ClN5O3S/c18-13-3-1-12(2-4-13)14(21-5-8-26-9-6-21)11-19-15-16(23(24)25)22-7-10-27-17(22)20-15/h1-4,7,10,14,19H,5-6,8-9,11H2. The van der Waals surface area contributed by atoms with Crippen LogP contribution in [0, 0.1) is 10.1 Å². The van der Waals surface area contributed by atoms with Crippen LogP contribution in [0.3, 0.4) is 0 Å². The number of nitrogens with zero attached hydrogens (tertiary/aromatic N) is 4. The number of ether oxygens (including phenoxy) is 1. The Kier molecular flexibility index (Phi) is 5.26. The summed E-state index contributed by atoms with van der Waals surface area (Å²) >= 11 is 7.39. The molecule has 0 saturated carbocycles. The lowest BCUT2D eigenvalue weighted by molar-refractivity contribution is -0.389. The minimum Gasteiger partial charge on any atom is -0.379 e. The van der Waals surface area contributed by atoms with Gasteiger partial charge in [-0.05, 0) is 22.6 Å². The number of nitro groups is 1. The molecular weight excluding hydrogens is 390 g/mol. The third-order valence-electron chi connectivity index (χ3n) is 4.61. The molecule has 4 rings (SSSR count). The van der Waals surface area contributed by atoms with E-state index < -0.39 is 4.92 Å². The molecule has 3 aromatic rings. The highest BCUT2D eigenvalue weighted by molar-refractivity contribution is 7.15. The maximum Gasteiger partial charge on any atom is 0.372 e. The summed E-state index contributed by atoms with van der Waals surface area (Å²) in [6.07, 6.45) is 1.66. The van der Waals surface area contributed by atoms with E-state index in [1.54, 1.807) is 11.6 Å². The summed E-state index contributed by atoms with van der Waals surface area (Å²) in [7, 11) is 0. The van der Waals surface area contributed by atoms with E-state index in [2.05, 4.69) is 15.2 Å². The zero-order valence-corrected chi connectivity index (χ0v) is 15.9. The smallest absolute Gasteiger partial charge is 0.372 e. The van der Waals surface area contributed by atoms with Gasteiger partial charge in [0.05, 0.1) is 19.3 Å². The molecule has 27 heavy (non-hydrogen) atoms. The largest absolute Gasteiger partial charge is 0.379 e. The molecule has 1 N–H and O–H groups in total. The molecule has 1 aromatic carbocycles. The predicted molar refractivity (Wildman–Crippen MR) is 105 cm³/mol. The molecule has 1 saturated heterocycles. The number of hydrogen-bond donors (Lipinski definition) is 1. The van der Waals surface area contributed by atoms with E-state index in [1.807, 2.05) is 24.3 Å². The van der Waals surface area contributed by atoms with Crippen molar-refractivity contribution in [2.45, 2.75) is 6.04 Å². The van der Waals surface area contributed by atoms with Gasteiger partial charge in [-0.2, -0.15) is 9.38 Å². The lowest BCUT2D eigenvalue weighted by Crippen LogP contribution is -2.41. The van der Waals surface area contributed by atoms with Crippen molar-refractivity contribution in [1.82, 2.24) is 14.3 Å². The molecule has 0 aliphatic carbocycles. The van der Waals surface area contributed by atoms with Crippen LogP contribution in [0.5, 0.6) is 0 Å². The van der Waals surface area contributed by atoms with E-state index in [4.69, 9.17) is 16.3 Å². The number of morpholine rings is 1. The van der Waals surface area contributed by atoms with Gasteiger partial charge in [-0.3, -0.25) is 4.90 Å². The van der Waals surface area contributed by atoms with Crippen molar-refractivity contribution in [2.24, 2.45) is 0 Å². The summed E-state index contributed by atoms with van der Waals surface area (Å²) in [6, 6.07) is 7.73. The van der Waals surface area contributed by atoms with Crippen molar-refractivity contribution in [3.8, 4) is 0 Å². The molecular formula is C17H18ClN5O3S. The predicted octanol–water partition coefficient (Wildman–Crippen LogP) is 3.44. The van der Waals surface area contributed by atoms with Crippen molar-refractivity contribution in [3.63, 3.8) is 0 Å². The molecule has 10 heteroatoms. The number of nitrogens with one attached hydrogen (secondary N) is 1.